The minimum absolute atomic E-state index is 0.0527. The first-order valence-corrected chi connectivity index (χ1v) is 13.5. The molecule has 1 unspecified atom stereocenters. The Balaban J connectivity index is 1.63. The Bertz CT molecular complexity index is 1910. The number of carbonyl (C=O) groups excluding carboxylic acids is 1. The molecule has 1 atom stereocenters. The molecule has 4 aromatic carbocycles. The number of aromatic nitrogens is 2. The second-order valence-electron chi connectivity index (χ2n) is 10.5. The fourth-order valence-electron chi connectivity index (χ4n) is 5.92. The van der Waals surface area contributed by atoms with E-state index in [2.05, 4.69) is 68.4 Å². The van der Waals surface area contributed by atoms with E-state index in [1.54, 1.807) is 0 Å². The van der Waals surface area contributed by atoms with Crippen molar-refractivity contribution in [3.63, 3.8) is 0 Å². The van der Waals surface area contributed by atoms with Crippen LogP contribution in [0.5, 0.6) is 0 Å². The third kappa shape index (κ3) is 4.01. The van der Waals surface area contributed by atoms with Crippen LogP contribution in [0, 0.1) is 13.8 Å². The minimum Gasteiger partial charge on any atom is -0.459 e. The Morgan fingerprint density at radius 2 is 1.67 bits per heavy atom. The SMILES string of the molecule is Cc1cc(-c2ccccc2)c2n[n+]3c4ccc(C)cc4c4ccccc4c3c(C(=O)OCC3CCCO3)c2c1. The Kier molecular flexibility index (Phi) is 5.75. The molecule has 5 nitrogen and oxygen atoms in total. The predicted octanol–water partition coefficient (Wildman–Crippen LogP) is 6.90. The summed E-state index contributed by atoms with van der Waals surface area (Å²) >= 11 is 0. The van der Waals surface area contributed by atoms with Gasteiger partial charge in [-0.05, 0) is 66.6 Å². The number of benzene rings is 4. The van der Waals surface area contributed by atoms with Gasteiger partial charge in [0.05, 0.1) is 16.9 Å². The first kappa shape index (κ1) is 23.7. The summed E-state index contributed by atoms with van der Waals surface area (Å²) in [5.41, 5.74) is 7.29. The van der Waals surface area contributed by atoms with Crippen LogP contribution in [0.3, 0.4) is 0 Å². The quantitative estimate of drug-likeness (QED) is 0.111. The second kappa shape index (κ2) is 9.44. The summed E-state index contributed by atoms with van der Waals surface area (Å²) in [5, 5.41) is 9.22. The van der Waals surface area contributed by atoms with Gasteiger partial charge in [0, 0.05) is 34.1 Å². The second-order valence-corrected chi connectivity index (χ2v) is 10.5. The highest BCUT2D eigenvalue weighted by atomic mass is 16.6. The Labute approximate surface area is 226 Å². The number of nitrogens with zero attached hydrogens (tertiary/aromatic N) is 2. The van der Waals surface area contributed by atoms with Crippen LogP contribution in [-0.4, -0.2) is 30.4 Å². The van der Waals surface area contributed by atoms with Crippen LogP contribution in [0.25, 0.3) is 49.2 Å². The van der Waals surface area contributed by atoms with Gasteiger partial charge in [-0.15, -0.1) is 0 Å². The number of hydrogen-bond donors (Lipinski definition) is 0. The summed E-state index contributed by atoms with van der Waals surface area (Å²) < 4.78 is 13.7. The average Bonchev–Trinajstić information content (AvgIpc) is 3.49. The number of carbonyl (C=O) groups is 1. The molecule has 7 rings (SSSR count). The van der Waals surface area contributed by atoms with Crippen molar-refractivity contribution in [1.29, 1.82) is 0 Å². The largest absolute Gasteiger partial charge is 0.459 e. The molecule has 1 aliphatic heterocycles. The van der Waals surface area contributed by atoms with Crippen molar-refractivity contribution in [2.24, 2.45) is 0 Å². The van der Waals surface area contributed by atoms with E-state index >= 15 is 0 Å². The highest BCUT2D eigenvalue weighted by Gasteiger charge is 2.30. The number of ether oxygens (including phenoxy) is 2. The topological polar surface area (TPSA) is 52.5 Å². The van der Waals surface area contributed by atoms with Gasteiger partial charge >= 0.3 is 5.97 Å². The molecule has 0 spiro atoms. The molecule has 5 heteroatoms. The van der Waals surface area contributed by atoms with E-state index < -0.39 is 0 Å². The molecule has 2 aromatic heterocycles. The van der Waals surface area contributed by atoms with Crippen LogP contribution >= 0.6 is 0 Å². The monoisotopic (exact) mass is 513 g/mol. The molecule has 1 saturated heterocycles. The van der Waals surface area contributed by atoms with E-state index in [4.69, 9.17) is 14.6 Å². The van der Waals surface area contributed by atoms with E-state index in [-0.39, 0.29) is 18.7 Å². The summed E-state index contributed by atoms with van der Waals surface area (Å²) in [6.45, 7) is 5.12. The van der Waals surface area contributed by atoms with Crippen molar-refractivity contribution < 1.29 is 18.8 Å². The first-order valence-electron chi connectivity index (χ1n) is 13.5. The van der Waals surface area contributed by atoms with Crippen molar-refractivity contribution >= 4 is 44.1 Å². The molecule has 1 aliphatic rings. The first-order chi connectivity index (χ1) is 19.1. The van der Waals surface area contributed by atoms with Gasteiger partial charge in [0.25, 0.3) is 5.52 Å². The van der Waals surface area contributed by atoms with Gasteiger partial charge in [0.15, 0.2) is 0 Å². The van der Waals surface area contributed by atoms with Gasteiger partial charge < -0.3 is 9.47 Å². The fraction of sp³-hybridized carbons (Fsp3) is 0.206. The maximum Gasteiger partial charge on any atom is 0.345 e. The molecular formula is C34H29N2O3+. The lowest BCUT2D eigenvalue weighted by Crippen LogP contribution is -2.32. The summed E-state index contributed by atoms with van der Waals surface area (Å²) in [6, 6.07) is 29.1. The summed E-state index contributed by atoms with van der Waals surface area (Å²) in [6.07, 6.45) is 1.85. The van der Waals surface area contributed by atoms with Crippen LogP contribution in [0.4, 0.5) is 0 Å². The molecule has 6 aromatic rings. The molecule has 0 amide bonds. The lowest BCUT2D eigenvalue weighted by atomic mass is 9.95. The lowest BCUT2D eigenvalue weighted by molar-refractivity contribution is -0.548. The zero-order chi connectivity index (χ0) is 26.5. The van der Waals surface area contributed by atoms with E-state index in [0.29, 0.717) is 5.56 Å². The van der Waals surface area contributed by atoms with Crippen molar-refractivity contribution in [2.75, 3.05) is 13.2 Å². The minimum atomic E-state index is -0.350. The van der Waals surface area contributed by atoms with Crippen molar-refractivity contribution in [3.8, 4) is 11.1 Å². The van der Waals surface area contributed by atoms with Crippen LogP contribution < -0.4 is 4.52 Å². The Hall–Kier alpha value is -4.35. The van der Waals surface area contributed by atoms with Crippen LogP contribution in [0.1, 0.15) is 34.3 Å². The molecule has 0 N–H and O–H groups in total. The van der Waals surface area contributed by atoms with Crippen molar-refractivity contribution in [2.45, 2.75) is 32.8 Å². The Morgan fingerprint density at radius 3 is 2.46 bits per heavy atom. The zero-order valence-electron chi connectivity index (χ0n) is 22.1. The molecule has 192 valence electrons. The third-order valence-electron chi connectivity index (χ3n) is 7.74. The van der Waals surface area contributed by atoms with Crippen molar-refractivity contribution in [1.82, 2.24) is 5.10 Å². The average molecular weight is 514 g/mol. The number of aryl methyl sites for hydroxylation is 2. The molecular weight excluding hydrogens is 484 g/mol. The number of rotatable bonds is 4. The Morgan fingerprint density at radius 1 is 0.897 bits per heavy atom. The maximum absolute atomic E-state index is 14.1. The number of hydrogen-bond acceptors (Lipinski definition) is 4. The number of fused-ring (bicyclic) bond motifs is 7. The molecule has 1 fully saturated rings. The van der Waals surface area contributed by atoms with Crippen molar-refractivity contribution in [3.05, 3.63) is 102 Å². The van der Waals surface area contributed by atoms with E-state index in [0.717, 1.165) is 74.2 Å². The molecule has 0 bridgehead atoms. The molecule has 3 heterocycles. The normalized spacial score (nSPS) is 15.5. The smallest absolute Gasteiger partial charge is 0.345 e. The van der Waals surface area contributed by atoms with Gasteiger partial charge in [-0.2, -0.15) is 0 Å². The molecule has 0 saturated carbocycles. The fourth-order valence-corrected chi connectivity index (χ4v) is 5.92. The third-order valence-corrected chi connectivity index (χ3v) is 7.74. The summed E-state index contributed by atoms with van der Waals surface area (Å²) in [7, 11) is 0. The van der Waals surface area contributed by atoms with Crippen LogP contribution in [0.15, 0.2) is 84.9 Å². The van der Waals surface area contributed by atoms with Crippen LogP contribution in [0.2, 0.25) is 0 Å². The zero-order valence-corrected chi connectivity index (χ0v) is 22.1. The van der Waals surface area contributed by atoms with E-state index in [1.165, 1.54) is 5.56 Å². The van der Waals surface area contributed by atoms with E-state index in [1.807, 2.05) is 34.8 Å². The standard InChI is InChI=1S/C34H29N2O3/c1-21-14-15-30-28(17-21)25-12-6-7-13-26(25)33-31(34(37)39-20-24-11-8-16-38-24)29-19-22(2)18-27(32(29)35-36(30)33)23-9-4-3-5-10-23/h3-7,9-10,12-15,17-19,24H,8,11,16,20H2,1-2H3/q+1. The molecule has 39 heavy (non-hydrogen) atoms. The van der Waals surface area contributed by atoms with Gasteiger partial charge in [-0.25, -0.2) is 4.79 Å². The van der Waals surface area contributed by atoms with Gasteiger partial charge in [0.2, 0.25) is 5.52 Å². The molecule has 0 aliphatic carbocycles. The lowest BCUT2D eigenvalue weighted by Gasteiger charge is -2.14. The van der Waals surface area contributed by atoms with Gasteiger partial charge in [-0.1, -0.05) is 60.2 Å². The maximum atomic E-state index is 14.1. The van der Waals surface area contributed by atoms with Gasteiger partial charge in [-0.3, -0.25) is 0 Å². The highest BCUT2D eigenvalue weighted by Crippen LogP contribution is 2.35. The summed E-state index contributed by atoms with van der Waals surface area (Å²) in [5.74, 6) is -0.350. The number of esters is 1. The summed E-state index contributed by atoms with van der Waals surface area (Å²) in [4.78, 5) is 14.1. The number of pyridine rings is 1. The van der Waals surface area contributed by atoms with Gasteiger partial charge in [0.1, 0.15) is 17.7 Å². The molecule has 0 radical (unpaired) electrons. The van der Waals surface area contributed by atoms with E-state index in [9.17, 15) is 4.79 Å². The predicted molar refractivity (Wildman–Crippen MR) is 154 cm³/mol. The highest BCUT2D eigenvalue weighted by molar-refractivity contribution is 6.19. The van der Waals surface area contributed by atoms with Crippen LogP contribution in [-0.2, 0) is 9.47 Å².